The van der Waals surface area contributed by atoms with Crippen LogP contribution in [-0.4, -0.2) is 41.6 Å². The highest BCUT2D eigenvalue weighted by Crippen LogP contribution is 2.30. The average Bonchev–Trinajstić information content (AvgIpc) is 2.83. The van der Waals surface area contributed by atoms with Crippen LogP contribution in [0.15, 0.2) is 54.6 Å². The summed E-state index contributed by atoms with van der Waals surface area (Å²) in [5.41, 5.74) is 2.09. The van der Waals surface area contributed by atoms with Crippen molar-refractivity contribution in [2.24, 2.45) is 0 Å². The number of carbonyl (C=O) groups excluding carboxylic acids is 4. The van der Waals surface area contributed by atoms with E-state index in [0.29, 0.717) is 40.0 Å². The first-order valence-corrected chi connectivity index (χ1v) is 11.2. The number of esters is 1. The molecule has 1 aliphatic rings. The van der Waals surface area contributed by atoms with Gasteiger partial charge in [0.25, 0.3) is 11.8 Å². The molecule has 174 valence electrons. The van der Waals surface area contributed by atoms with E-state index in [1.165, 1.54) is 11.8 Å². The molecule has 1 aliphatic heterocycles. The molecule has 0 N–H and O–H groups in total. The zero-order valence-electron chi connectivity index (χ0n) is 19.1. The van der Waals surface area contributed by atoms with Crippen LogP contribution in [0.5, 0.6) is 5.75 Å². The van der Waals surface area contributed by atoms with Crippen LogP contribution in [0.4, 0.5) is 0 Å². The van der Waals surface area contributed by atoms with Crippen LogP contribution < -0.4 is 4.74 Å². The Kier molecular flexibility index (Phi) is 6.72. The highest BCUT2D eigenvalue weighted by Gasteiger charge is 2.32. The molecule has 4 rings (SSSR count). The van der Waals surface area contributed by atoms with Crippen LogP contribution in [0.3, 0.4) is 0 Å². The average molecular weight is 459 g/mol. The van der Waals surface area contributed by atoms with E-state index in [9.17, 15) is 19.2 Å². The van der Waals surface area contributed by atoms with Gasteiger partial charge in [0.05, 0.1) is 6.61 Å². The quantitative estimate of drug-likeness (QED) is 0.265. The summed E-state index contributed by atoms with van der Waals surface area (Å²) in [7, 11) is 0. The van der Waals surface area contributed by atoms with E-state index in [1.54, 1.807) is 42.5 Å². The Labute approximate surface area is 197 Å². The first-order chi connectivity index (χ1) is 16.4. The summed E-state index contributed by atoms with van der Waals surface area (Å²) in [4.78, 5) is 51.1. The minimum absolute atomic E-state index is 0.0355. The van der Waals surface area contributed by atoms with Crippen LogP contribution in [0, 0.1) is 0 Å². The number of hydrogen-bond donors (Lipinski definition) is 0. The molecule has 34 heavy (non-hydrogen) atoms. The van der Waals surface area contributed by atoms with Crippen molar-refractivity contribution in [3.63, 3.8) is 0 Å². The lowest BCUT2D eigenvalue weighted by Gasteiger charge is -2.27. The van der Waals surface area contributed by atoms with Crippen molar-refractivity contribution in [3.05, 3.63) is 76.9 Å². The molecule has 0 aliphatic carbocycles. The van der Waals surface area contributed by atoms with Gasteiger partial charge in [-0.2, -0.15) is 0 Å². The van der Waals surface area contributed by atoms with Crippen LogP contribution in [0.25, 0.3) is 10.8 Å². The van der Waals surface area contributed by atoms with Crippen molar-refractivity contribution in [3.8, 4) is 5.75 Å². The van der Waals surface area contributed by atoms with Crippen molar-refractivity contribution in [1.82, 2.24) is 4.90 Å². The van der Waals surface area contributed by atoms with E-state index in [1.807, 2.05) is 19.1 Å². The molecule has 0 aromatic heterocycles. The van der Waals surface area contributed by atoms with Gasteiger partial charge in [0, 0.05) is 40.6 Å². The van der Waals surface area contributed by atoms with Gasteiger partial charge in [-0.1, -0.05) is 24.3 Å². The maximum atomic E-state index is 12.9. The molecular formula is C27H25NO6. The number of benzene rings is 3. The summed E-state index contributed by atoms with van der Waals surface area (Å²) in [6, 6.07) is 15.8. The molecule has 0 atom stereocenters. The monoisotopic (exact) mass is 459 g/mol. The third kappa shape index (κ3) is 4.55. The third-order valence-corrected chi connectivity index (χ3v) is 5.77. The smallest absolute Gasteiger partial charge is 0.306 e. The van der Waals surface area contributed by atoms with E-state index >= 15 is 0 Å². The number of nitrogens with zero attached hydrogens (tertiary/aromatic N) is 1. The second-order valence-corrected chi connectivity index (χ2v) is 8.05. The Bertz CT molecular complexity index is 1240. The highest BCUT2D eigenvalue weighted by atomic mass is 16.5. The number of imide groups is 1. The summed E-state index contributed by atoms with van der Waals surface area (Å²) in [5.74, 6) is -0.716. The van der Waals surface area contributed by atoms with Crippen LogP contribution in [0.2, 0.25) is 0 Å². The first-order valence-electron chi connectivity index (χ1n) is 11.2. The van der Waals surface area contributed by atoms with Crippen molar-refractivity contribution in [2.45, 2.75) is 33.3 Å². The van der Waals surface area contributed by atoms with Crippen molar-refractivity contribution in [1.29, 1.82) is 0 Å². The van der Waals surface area contributed by atoms with E-state index in [4.69, 9.17) is 9.47 Å². The highest BCUT2D eigenvalue weighted by molar-refractivity contribution is 6.25. The fraction of sp³-hybridized carbons (Fsp3) is 0.259. The number of ketones is 1. The number of hydrogen-bond acceptors (Lipinski definition) is 6. The lowest BCUT2D eigenvalue weighted by molar-refractivity contribution is -0.145. The molecule has 1 heterocycles. The molecule has 2 amide bonds. The standard InChI is InChI=1S/C27H25NO6/c1-3-33-23-13-12-19(17(2)29)15-20(23)16-34-24(30)11-6-14-28-26(31)21-9-4-7-18-8-5-10-22(25(18)21)27(28)32/h4-5,7-10,12-13,15H,3,6,11,14,16H2,1-2H3. The topological polar surface area (TPSA) is 90.0 Å². The predicted molar refractivity (Wildman–Crippen MR) is 126 cm³/mol. The van der Waals surface area contributed by atoms with Crippen molar-refractivity contribution < 1.29 is 28.7 Å². The molecule has 3 aromatic rings. The van der Waals surface area contributed by atoms with Gasteiger partial charge in [0.1, 0.15) is 12.4 Å². The summed E-state index contributed by atoms with van der Waals surface area (Å²) in [6.45, 7) is 3.83. The first kappa shape index (κ1) is 23.2. The van der Waals surface area contributed by atoms with E-state index < -0.39 is 5.97 Å². The number of Topliss-reactive ketones (excluding diaryl/α,β-unsaturated/α-hetero) is 1. The van der Waals surface area contributed by atoms with Gasteiger partial charge in [-0.25, -0.2) is 0 Å². The molecule has 0 fully saturated rings. The van der Waals surface area contributed by atoms with Gasteiger partial charge in [0.2, 0.25) is 0 Å². The van der Waals surface area contributed by atoms with E-state index in [-0.39, 0.29) is 43.6 Å². The third-order valence-electron chi connectivity index (χ3n) is 5.77. The van der Waals surface area contributed by atoms with Gasteiger partial charge in [-0.15, -0.1) is 0 Å². The molecule has 0 radical (unpaired) electrons. The van der Waals surface area contributed by atoms with Crippen LogP contribution in [-0.2, 0) is 16.1 Å². The van der Waals surface area contributed by atoms with Crippen LogP contribution in [0.1, 0.15) is 63.3 Å². The van der Waals surface area contributed by atoms with Crippen LogP contribution >= 0.6 is 0 Å². The Morgan fingerprint density at radius 3 is 2.24 bits per heavy atom. The summed E-state index contributed by atoms with van der Waals surface area (Å²) in [6.07, 6.45) is 0.319. The normalized spacial score (nSPS) is 12.7. The maximum absolute atomic E-state index is 12.9. The summed E-state index contributed by atoms with van der Waals surface area (Å²) < 4.78 is 10.9. The minimum Gasteiger partial charge on any atom is -0.493 e. The van der Waals surface area contributed by atoms with Gasteiger partial charge in [-0.3, -0.25) is 24.1 Å². The number of carbonyl (C=O) groups is 4. The second kappa shape index (κ2) is 9.87. The fourth-order valence-corrected chi connectivity index (χ4v) is 4.10. The molecule has 7 nitrogen and oxygen atoms in total. The SMILES string of the molecule is CCOc1ccc(C(C)=O)cc1COC(=O)CCCN1C(=O)c2cccc3cccc(c23)C1=O. The largest absolute Gasteiger partial charge is 0.493 e. The number of amides is 2. The van der Waals surface area contributed by atoms with Crippen molar-refractivity contribution in [2.75, 3.05) is 13.2 Å². The molecule has 3 aromatic carbocycles. The van der Waals surface area contributed by atoms with E-state index in [2.05, 4.69) is 0 Å². The molecular weight excluding hydrogens is 434 g/mol. The Hall–Kier alpha value is -4.00. The maximum Gasteiger partial charge on any atom is 0.306 e. The Balaban J connectivity index is 1.37. The number of ether oxygens (including phenoxy) is 2. The Morgan fingerprint density at radius 1 is 0.941 bits per heavy atom. The number of rotatable bonds is 9. The lowest BCUT2D eigenvalue weighted by Crippen LogP contribution is -2.41. The molecule has 0 bridgehead atoms. The summed E-state index contributed by atoms with van der Waals surface area (Å²) >= 11 is 0. The van der Waals surface area contributed by atoms with Gasteiger partial charge in [0.15, 0.2) is 5.78 Å². The molecule has 7 heteroatoms. The minimum atomic E-state index is -0.463. The molecule has 0 saturated heterocycles. The lowest BCUT2D eigenvalue weighted by atomic mass is 9.94. The summed E-state index contributed by atoms with van der Waals surface area (Å²) in [5, 5.41) is 1.52. The second-order valence-electron chi connectivity index (χ2n) is 8.05. The molecule has 0 unspecified atom stereocenters. The Morgan fingerprint density at radius 2 is 1.62 bits per heavy atom. The zero-order valence-corrected chi connectivity index (χ0v) is 19.1. The molecule has 0 saturated carbocycles. The van der Waals surface area contributed by atoms with Gasteiger partial charge in [-0.05, 0) is 56.0 Å². The van der Waals surface area contributed by atoms with Crippen molar-refractivity contribution >= 4 is 34.3 Å². The van der Waals surface area contributed by atoms with Gasteiger partial charge >= 0.3 is 5.97 Å². The van der Waals surface area contributed by atoms with E-state index in [0.717, 1.165) is 5.39 Å². The molecule has 0 spiro atoms. The predicted octanol–water partition coefficient (Wildman–Crippen LogP) is 4.56. The fourth-order valence-electron chi connectivity index (χ4n) is 4.10. The zero-order chi connectivity index (χ0) is 24.2. The van der Waals surface area contributed by atoms with Gasteiger partial charge < -0.3 is 9.47 Å².